The molecule has 16 rings (SSSR count). The van der Waals surface area contributed by atoms with Crippen LogP contribution in [0, 0.1) is 0 Å². The first-order valence-corrected chi connectivity index (χ1v) is 31.5. The molecule has 0 aliphatic rings. The highest BCUT2D eigenvalue weighted by Gasteiger charge is 2.14. The van der Waals surface area contributed by atoms with E-state index in [9.17, 15) is 0 Å². The van der Waals surface area contributed by atoms with Gasteiger partial charge in [-0.05, 0) is 191 Å². The molecule has 4 heteroatoms. The van der Waals surface area contributed by atoms with Crippen molar-refractivity contribution >= 4 is 82.7 Å². The third kappa shape index (κ3) is 13.1. The summed E-state index contributed by atoms with van der Waals surface area (Å²) in [5, 5.41) is 10.3. The molecule has 2 aromatic heterocycles. The van der Waals surface area contributed by atoms with E-state index in [-0.39, 0.29) is 0 Å². The van der Waals surface area contributed by atoms with Crippen LogP contribution in [0.4, 0.5) is 5.69 Å². The van der Waals surface area contributed by atoms with E-state index in [1.54, 1.807) is 0 Å². The van der Waals surface area contributed by atoms with E-state index in [1.807, 2.05) is 84.9 Å². The predicted molar refractivity (Wildman–Crippen MR) is 385 cm³/mol. The first kappa shape index (κ1) is 58.3. The molecule has 2 N–H and O–H groups in total. The zero-order valence-electron chi connectivity index (χ0n) is 50.6. The highest BCUT2D eigenvalue weighted by atomic mass is 35.5. The fourth-order valence-corrected chi connectivity index (χ4v) is 12.2. The van der Waals surface area contributed by atoms with Crippen LogP contribution in [0.2, 0.25) is 5.02 Å². The molecule has 16 aromatic rings. The van der Waals surface area contributed by atoms with Gasteiger partial charge in [-0.1, -0.05) is 275 Å². The molecule has 0 aliphatic carbocycles. The molecule has 0 fully saturated rings. The van der Waals surface area contributed by atoms with Crippen molar-refractivity contribution in [3.63, 3.8) is 0 Å². The Morgan fingerprint density at radius 1 is 0.278 bits per heavy atom. The molecule has 0 amide bonds. The largest absolute Gasteiger partial charge is 0.456 e. The smallest absolute Gasteiger partial charge is 0.135 e. The van der Waals surface area contributed by atoms with Crippen LogP contribution in [0.15, 0.2) is 324 Å². The first-order valence-electron chi connectivity index (χ1n) is 31.1. The summed E-state index contributed by atoms with van der Waals surface area (Å²) in [6.07, 6.45) is 4.97. The lowest BCUT2D eigenvalue weighted by molar-refractivity contribution is 0.668. The summed E-state index contributed by atoms with van der Waals surface area (Å²) in [4.78, 5) is 0. The minimum atomic E-state index is 0.768. The van der Waals surface area contributed by atoms with Crippen LogP contribution < -0.4 is 5.73 Å². The highest BCUT2D eigenvalue weighted by Crippen LogP contribution is 2.40. The highest BCUT2D eigenvalue weighted by molar-refractivity contribution is 6.31. The average molecular weight is 1180 g/mol. The molecule has 90 heavy (non-hydrogen) atoms. The molecule has 2 heterocycles. The Kier molecular flexibility index (Phi) is 17.6. The number of para-hydroxylation sites is 2. The van der Waals surface area contributed by atoms with Crippen LogP contribution in [0.1, 0.15) is 44.2 Å². The van der Waals surface area contributed by atoms with Crippen molar-refractivity contribution in [1.82, 2.24) is 0 Å². The van der Waals surface area contributed by atoms with Gasteiger partial charge in [-0.2, -0.15) is 0 Å². The summed E-state index contributed by atoms with van der Waals surface area (Å²) >= 11 is 6.17. The number of hydrogen-bond donors (Lipinski definition) is 1. The predicted octanol–water partition coefficient (Wildman–Crippen LogP) is 25.2. The third-order valence-corrected chi connectivity index (χ3v) is 17.0. The number of unbranched alkanes of at least 4 members (excludes halogenated alkanes) is 2. The lowest BCUT2D eigenvalue weighted by Crippen LogP contribution is -1.91. The number of rotatable bonds is 10. The molecule has 3 nitrogen and oxygen atoms in total. The van der Waals surface area contributed by atoms with E-state index < -0.39 is 0 Å². The summed E-state index contributed by atoms with van der Waals surface area (Å²) < 4.78 is 11.9. The minimum Gasteiger partial charge on any atom is -0.456 e. The van der Waals surface area contributed by atoms with Crippen molar-refractivity contribution in [3.8, 4) is 66.8 Å². The fraction of sp³-hybridized carbons (Fsp3) is 0.0698. The molecule has 14 aromatic carbocycles. The van der Waals surface area contributed by atoms with E-state index in [1.165, 1.54) is 108 Å². The number of anilines is 1. The minimum absolute atomic E-state index is 0.768. The van der Waals surface area contributed by atoms with E-state index in [4.69, 9.17) is 26.2 Å². The number of benzene rings is 14. The number of nitrogen functional groups attached to an aromatic ring is 1. The van der Waals surface area contributed by atoms with Crippen molar-refractivity contribution in [2.45, 2.75) is 39.5 Å². The molecule has 0 bridgehead atoms. The van der Waals surface area contributed by atoms with Gasteiger partial charge < -0.3 is 14.6 Å². The molecule has 0 unspecified atom stereocenters. The normalized spacial score (nSPS) is 11.1. The van der Waals surface area contributed by atoms with E-state index >= 15 is 0 Å². The second-order valence-corrected chi connectivity index (χ2v) is 23.3. The van der Waals surface area contributed by atoms with Gasteiger partial charge in [-0.15, -0.1) is 0 Å². The van der Waals surface area contributed by atoms with Gasteiger partial charge in [0.15, 0.2) is 0 Å². The van der Waals surface area contributed by atoms with Crippen molar-refractivity contribution in [2.75, 3.05) is 5.73 Å². The van der Waals surface area contributed by atoms with Gasteiger partial charge in [0.2, 0.25) is 0 Å². The summed E-state index contributed by atoms with van der Waals surface area (Å²) in [5.41, 5.74) is 27.5. The number of nitrogens with two attached hydrogens (primary N) is 1. The van der Waals surface area contributed by atoms with Gasteiger partial charge in [-0.3, -0.25) is 0 Å². The molecule has 0 spiro atoms. The molecular weight excluding hydrogens is 1110 g/mol. The summed E-state index contributed by atoms with van der Waals surface area (Å²) in [5.74, 6) is 0. The van der Waals surface area contributed by atoms with Crippen LogP contribution >= 0.6 is 11.6 Å². The van der Waals surface area contributed by atoms with E-state index in [2.05, 4.69) is 244 Å². The Balaban J connectivity index is 0.000000130. The Morgan fingerprint density at radius 2 is 0.633 bits per heavy atom. The lowest BCUT2D eigenvalue weighted by Gasteiger charge is -2.14. The number of halogens is 1. The first-order chi connectivity index (χ1) is 44.3. The van der Waals surface area contributed by atoms with Gasteiger partial charge in [-0.25, -0.2) is 0 Å². The Bertz CT molecular complexity index is 5070. The zero-order valence-corrected chi connectivity index (χ0v) is 51.4. The SMILES string of the molecule is CCCCC.Clc1ccc2cc(-c3ccccc3)c(-c3ccccc3)cc2c1.Nc1ccc(-c2ccc3oc4ccccc4c3c2)cc1.c1ccc(-c2cc3ccc(Cc4ccc(-c5ccc6oc7ccccc7c6c5)cc4)cc3cc2-c2ccccc2)cc1. The van der Waals surface area contributed by atoms with Crippen molar-refractivity contribution in [2.24, 2.45) is 0 Å². The van der Waals surface area contributed by atoms with Gasteiger partial charge >= 0.3 is 0 Å². The molecular formula is C86H68ClNO2. The van der Waals surface area contributed by atoms with Crippen molar-refractivity contribution < 1.29 is 8.83 Å². The maximum atomic E-state index is 6.17. The number of fused-ring (bicyclic) bond motifs is 8. The Hall–Kier alpha value is -10.7. The standard InChI is InChI=1S/C41H28O.C22H15Cl.C18H13NO.C5H12/c1-3-9-31(10-4-1)37-25-34-20-17-29(24-35(34)27-38(37)32-11-5-2-6-12-32)23-28-15-18-30(19-16-28)33-21-22-41-39(26-33)36-13-7-8-14-40(36)42-41;23-20-12-11-18-14-21(16-7-3-1-4-8-16)22(15-19(18)13-20)17-9-5-2-6-10-17;19-14-8-5-12(6-9-14)13-7-10-18-16(11-13)15-3-1-2-4-17(15)20-18;1-3-5-4-2/h1-22,24-27H,23H2;1-15H;1-11H,19H2;3-5H2,1-2H3. The zero-order chi connectivity index (χ0) is 61.2. The topological polar surface area (TPSA) is 52.3 Å². The average Bonchev–Trinajstić information content (AvgIpc) is 2.01. The van der Waals surface area contributed by atoms with Crippen LogP contribution in [0.25, 0.3) is 132 Å². The Labute approximate surface area is 531 Å². The Morgan fingerprint density at radius 3 is 1.07 bits per heavy atom. The van der Waals surface area contributed by atoms with Crippen LogP contribution in [0.5, 0.6) is 0 Å². The van der Waals surface area contributed by atoms with E-state index in [0.717, 1.165) is 72.0 Å². The van der Waals surface area contributed by atoms with Gasteiger partial charge in [0, 0.05) is 32.3 Å². The second kappa shape index (κ2) is 27.1. The molecule has 436 valence electrons. The molecule has 0 saturated heterocycles. The maximum Gasteiger partial charge on any atom is 0.135 e. The van der Waals surface area contributed by atoms with Crippen LogP contribution in [0.3, 0.4) is 0 Å². The summed E-state index contributed by atoms with van der Waals surface area (Å²) in [6, 6.07) is 111. The van der Waals surface area contributed by atoms with Crippen molar-refractivity contribution in [1.29, 1.82) is 0 Å². The van der Waals surface area contributed by atoms with Crippen LogP contribution in [-0.2, 0) is 6.42 Å². The van der Waals surface area contributed by atoms with Gasteiger partial charge in [0.05, 0.1) is 0 Å². The number of hydrogen-bond acceptors (Lipinski definition) is 3. The third-order valence-electron chi connectivity index (χ3n) is 16.7. The fourth-order valence-electron chi connectivity index (χ4n) is 12.0. The monoisotopic (exact) mass is 1180 g/mol. The second-order valence-electron chi connectivity index (χ2n) is 22.9. The maximum absolute atomic E-state index is 6.17. The van der Waals surface area contributed by atoms with E-state index in [0.29, 0.717) is 0 Å². The van der Waals surface area contributed by atoms with Crippen LogP contribution in [-0.4, -0.2) is 0 Å². The van der Waals surface area contributed by atoms with Gasteiger partial charge in [0.25, 0.3) is 0 Å². The summed E-state index contributed by atoms with van der Waals surface area (Å²) in [6.45, 7) is 4.42. The molecule has 0 radical (unpaired) electrons. The van der Waals surface area contributed by atoms with Gasteiger partial charge in [0.1, 0.15) is 22.3 Å². The summed E-state index contributed by atoms with van der Waals surface area (Å²) in [7, 11) is 0. The quantitative estimate of drug-likeness (QED) is 0.139. The molecule has 0 saturated carbocycles. The lowest BCUT2D eigenvalue weighted by atomic mass is 9.90. The van der Waals surface area contributed by atoms with Crippen molar-refractivity contribution in [3.05, 3.63) is 332 Å². The molecule has 0 atom stereocenters. The number of furan rings is 2. The molecule has 0 aliphatic heterocycles.